The average Bonchev–Trinajstić information content (AvgIpc) is 1.85. The number of ether oxygens (including phenoxy) is 1. The molecule has 8 heavy (non-hydrogen) atoms. The van der Waals surface area contributed by atoms with E-state index in [0.717, 1.165) is 0 Å². The summed E-state index contributed by atoms with van der Waals surface area (Å²) in [6.45, 7) is 0. The Hall–Kier alpha value is 0.408. The van der Waals surface area contributed by atoms with Crippen molar-refractivity contribution in [3.63, 3.8) is 0 Å². The van der Waals surface area contributed by atoms with Gasteiger partial charge in [0.2, 0.25) is 0 Å². The van der Waals surface area contributed by atoms with Crippen LogP contribution in [-0.2, 0) is 9.53 Å². The van der Waals surface area contributed by atoms with Crippen molar-refractivity contribution in [3.05, 3.63) is 0 Å². The van der Waals surface area contributed by atoms with Crippen molar-refractivity contribution in [2.45, 2.75) is 1.08 Å². The Morgan fingerprint density at radius 3 is 2.38 bits per heavy atom. The van der Waals surface area contributed by atoms with Gasteiger partial charge in [0.05, 0.1) is 0 Å². The van der Waals surface area contributed by atoms with Crippen molar-refractivity contribution in [1.82, 2.24) is 5.32 Å². The van der Waals surface area contributed by atoms with E-state index < -0.39 is 12.1 Å². The Bertz CT molecular complexity index is 145. The molecular formula is C3H3NO3Ra. The zero-order valence-electron chi connectivity index (χ0n) is 4.30. The van der Waals surface area contributed by atoms with Gasteiger partial charge >= 0.3 is 75.6 Å². The minimum atomic E-state index is -0.593. The van der Waals surface area contributed by atoms with E-state index in [0.29, 0.717) is 0 Å². The van der Waals surface area contributed by atoms with Crippen molar-refractivity contribution in [1.29, 1.82) is 0 Å². The number of alkyl carbamates (subject to hydrolysis) is 1. The average molecular weight is 327 g/mol. The Morgan fingerprint density at radius 2 is 2.25 bits per heavy atom. The SMILES string of the molecule is O=C1N[C@@H]([RaH])C(=O)O1. The first kappa shape index (κ1) is 6.53. The second-order valence-electron chi connectivity index (χ2n) is 1.57. The molecule has 0 aliphatic carbocycles. The van der Waals surface area contributed by atoms with Gasteiger partial charge in [-0.3, -0.25) is 0 Å². The summed E-state index contributed by atoms with van der Waals surface area (Å²) in [5.74, 6) is -0.403. The van der Waals surface area contributed by atoms with Gasteiger partial charge in [-0.05, 0) is 0 Å². The third-order valence-electron chi connectivity index (χ3n) is 0.881. The van der Waals surface area contributed by atoms with Gasteiger partial charge in [0.15, 0.2) is 0 Å². The summed E-state index contributed by atoms with van der Waals surface area (Å²) >= 11 is 0.00176. The van der Waals surface area contributed by atoms with Gasteiger partial charge in [0.25, 0.3) is 0 Å². The molecule has 0 aromatic carbocycles. The topological polar surface area (TPSA) is 55.4 Å². The third kappa shape index (κ3) is 1.22. The first-order chi connectivity index (χ1) is 3.70. The first-order valence-corrected chi connectivity index (χ1v) is 6.97. The van der Waals surface area contributed by atoms with Crippen LogP contribution in [-0.4, -0.2) is 13.1 Å². The molecule has 0 radical (unpaired) electrons. The molecule has 1 atom stereocenters. The molecule has 1 amide bonds. The molecule has 1 fully saturated rings. The Balaban J connectivity index is 2.64. The molecule has 1 aliphatic rings. The Kier molecular flexibility index (Phi) is 1.91. The number of carbonyl (C=O) groups is 2. The number of rotatable bonds is 0. The summed E-state index contributed by atoms with van der Waals surface area (Å²) in [7, 11) is 0. The van der Waals surface area contributed by atoms with Crippen molar-refractivity contribution < 1.29 is 57.1 Å². The van der Waals surface area contributed by atoms with E-state index in [4.69, 9.17) is 0 Å². The summed E-state index contributed by atoms with van der Waals surface area (Å²) in [6.07, 6.45) is -0.593. The van der Waals surface area contributed by atoms with Crippen molar-refractivity contribution in [3.8, 4) is 0 Å². The van der Waals surface area contributed by atoms with E-state index in [9.17, 15) is 9.59 Å². The second kappa shape index (κ2) is 2.34. The number of cyclic esters (lactones) is 2. The van der Waals surface area contributed by atoms with Crippen LogP contribution in [0.1, 0.15) is 0 Å². The van der Waals surface area contributed by atoms with Crippen LogP contribution in [0.3, 0.4) is 0 Å². The molecule has 0 spiro atoms. The summed E-state index contributed by atoms with van der Waals surface area (Å²) in [5, 5.41) is 2.36. The molecule has 0 aromatic heterocycles. The van der Waals surface area contributed by atoms with Gasteiger partial charge < -0.3 is 0 Å². The minimum absolute atomic E-state index is 0.00176. The van der Waals surface area contributed by atoms with Gasteiger partial charge in [-0.2, -0.15) is 0 Å². The molecule has 1 saturated heterocycles. The fraction of sp³-hybridized carbons (Fsp3) is 0.333. The standard InChI is InChI=1S/C3H2NO3.Ra.H/c5-2-1-4-3(6)7-2;;/h1H,(H,4,6);;. The van der Waals surface area contributed by atoms with Gasteiger partial charge in [0.1, 0.15) is 0 Å². The van der Waals surface area contributed by atoms with E-state index in [1.165, 1.54) is 0 Å². The molecular weight excluding hydrogens is 324 g/mol. The zero-order chi connectivity index (χ0) is 6.15. The molecule has 0 aromatic rings. The van der Waals surface area contributed by atoms with Crippen LogP contribution in [0.4, 0.5) is 4.79 Å². The van der Waals surface area contributed by atoms with Gasteiger partial charge in [0, 0.05) is 0 Å². The van der Waals surface area contributed by atoms with Crippen LogP contribution in [0.15, 0.2) is 0 Å². The molecule has 40 valence electrons. The van der Waals surface area contributed by atoms with Gasteiger partial charge in [-0.1, -0.05) is 0 Å². The maximum absolute atomic E-state index is 10.3. The van der Waals surface area contributed by atoms with Gasteiger partial charge in [-0.25, -0.2) is 0 Å². The van der Waals surface area contributed by atoms with Crippen LogP contribution >= 0.6 is 0 Å². The van der Waals surface area contributed by atoms with Crippen LogP contribution in [0.2, 0.25) is 0 Å². The van der Waals surface area contributed by atoms with E-state index in [1.54, 1.807) is 0 Å². The van der Waals surface area contributed by atoms with Crippen molar-refractivity contribution >= 4 is 12.1 Å². The third-order valence-corrected chi connectivity index (χ3v) is 4.00. The summed E-state index contributed by atoms with van der Waals surface area (Å²) in [6, 6.07) is 0. The first-order valence-electron chi connectivity index (χ1n) is 2.22. The fourth-order valence-electron chi connectivity index (χ4n) is 0.445. The van der Waals surface area contributed by atoms with E-state index in [2.05, 4.69) is 10.1 Å². The van der Waals surface area contributed by atoms with E-state index in [1.807, 2.05) is 0 Å². The number of nitrogens with one attached hydrogen (secondary N) is 1. The van der Waals surface area contributed by atoms with Crippen molar-refractivity contribution in [2.24, 2.45) is 0 Å². The quantitative estimate of drug-likeness (QED) is 0.452. The molecule has 0 saturated carbocycles. The predicted molar refractivity (Wildman–Crippen MR) is 19.8 cm³/mol. The van der Waals surface area contributed by atoms with Crippen LogP contribution < -0.4 is 5.32 Å². The molecule has 1 N–H and O–H groups in total. The summed E-state index contributed by atoms with van der Waals surface area (Å²) < 4.78 is 3.90. The Labute approximate surface area is 74.7 Å². The fourth-order valence-corrected chi connectivity index (χ4v) is 1.90. The van der Waals surface area contributed by atoms with E-state index >= 15 is 0 Å². The Morgan fingerprint density at radius 1 is 1.62 bits per heavy atom. The number of hydrogen-bond donors (Lipinski definition) is 1. The van der Waals surface area contributed by atoms with Crippen molar-refractivity contribution in [2.75, 3.05) is 0 Å². The zero-order valence-corrected chi connectivity index (χ0v) is 12.5. The molecule has 5 heteroatoms. The van der Waals surface area contributed by atoms with Gasteiger partial charge in [-0.15, -0.1) is 0 Å². The number of hydrogen-bond acceptors (Lipinski definition) is 3. The number of carbonyl (C=O) groups excluding carboxylic acids is 2. The summed E-state index contributed by atoms with van der Waals surface area (Å²) in [5.41, 5.74) is 0. The predicted octanol–water partition coefficient (Wildman–Crippen LogP) is -1.14. The second-order valence-corrected chi connectivity index (χ2v) is 6.32. The maximum atomic E-state index is 10.3. The number of esters is 1. The molecule has 1 aliphatic heterocycles. The number of amides is 1. The molecule has 0 bridgehead atoms. The molecule has 1 heterocycles. The van der Waals surface area contributed by atoms with E-state index in [-0.39, 0.29) is 43.9 Å². The molecule has 0 unspecified atom stereocenters. The molecule has 4 nitrogen and oxygen atoms in total. The normalized spacial score (nSPS) is 27.1. The van der Waals surface area contributed by atoms with Crippen LogP contribution in [0.5, 0.6) is 0 Å². The molecule has 1 rings (SSSR count). The monoisotopic (exact) mass is 327 g/mol. The van der Waals surface area contributed by atoms with Crippen LogP contribution in [0, 0.1) is 42.8 Å². The van der Waals surface area contributed by atoms with Crippen LogP contribution in [0.25, 0.3) is 0 Å². The summed E-state index contributed by atoms with van der Waals surface area (Å²) in [4.78, 5) is 20.5.